The molecule has 0 aliphatic carbocycles. The molecule has 2 aromatic rings. The van der Waals surface area contributed by atoms with Crippen LogP contribution in [-0.4, -0.2) is 39.1 Å². The van der Waals surface area contributed by atoms with Gasteiger partial charge in [-0.25, -0.2) is 0 Å². The number of amides is 2. The summed E-state index contributed by atoms with van der Waals surface area (Å²) < 4.78 is 5.13. The number of halogens is 1. The standard InChI is InChI=1S/C20H24ClN3O3/c1-14(15-6-4-7-16(21)10-15)22-19(25)12-24(2)13-20(26)23-17-8-5-9-18(11-17)27-3/h4-11,14H,12-13H2,1-3H3,(H,22,25)(H,23,26)/p+1/t14-/m0/s1. The molecule has 6 nitrogen and oxygen atoms in total. The Morgan fingerprint density at radius 1 is 1.11 bits per heavy atom. The van der Waals surface area contributed by atoms with Crippen LogP contribution in [0, 0.1) is 0 Å². The van der Waals surface area contributed by atoms with Gasteiger partial charge in [0.2, 0.25) is 0 Å². The summed E-state index contributed by atoms with van der Waals surface area (Å²) >= 11 is 5.98. The predicted octanol–water partition coefficient (Wildman–Crippen LogP) is 1.68. The lowest BCUT2D eigenvalue weighted by Crippen LogP contribution is -3.11. The van der Waals surface area contributed by atoms with Crippen LogP contribution in [0.4, 0.5) is 5.69 Å². The SMILES string of the molecule is COc1cccc(NC(=O)C[NH+](C)CC(=O)N[C@@H](C)c2cccc(Cl)c2)c1. The summed E-state index contributed by atoms with van der Waals surface area (Å²) in [4.78, 5) is 25.2. The van der Waals surface area contributed by atoms with Crippen LogP contribution < -0.4 is 20.3 Å². The van der Waals surface area contributed by atoms with Gasteiger partial charge < -0.3 is 20.3 Å². The summed E-state index contributed by atoms with van der Waals surface area (Å²) in [5.41, 5.74) is 1.59. The van der Waals surface area contributed by atoms with E-state index in [4.69, 9.17) is 16.3 Å². The molecule has 0 radical (unpaired) electrons. The first-order valence-corrected chi connectivity index (χ1v) is 9.05. The van der Waals surface area contributed by atoms with Crippen molar-refractivity contribution in [3.63, 3.8) is 0 Å². The van der Waals surface area contributed by atoms with Crippen LogP contribution in [-0.2, 0) is 9.59 Å². The molecule has 1 unspecified atom stereocenters. The third-order valence-electron chi connectivity index (χ3n) is 4.00. The highest BCUT2D eigenvalue weighted by molar-refractivity contribution is 6.30. The molecule has 2 rings (SSSR count). The Morgan fingerprint density at radius 3 is 2.52 bits per heavy atom. The van der Waals surface area contributed by atoms with Gasteiger partial charge >= 0.3 is 0 Å². The summed E-state index contributed by atoms with van der Waals surface area (Å²) in [6, 6.07) is 14.4. The number of rotatable bonds is 8. The maximum Gasteiger partial charge on any atom is 0.279 e. The molecule has 27 heavy (non-hydrogen) atoms. The molecule has 0 fully saturated rings. The Balaban J connectivity index is 1.80. The summed E-state index contributed by atoms with van der Waals surface area (Å²) in [6.07, 6.45) is 0. The zero-order valence-corrected chi connectivity index (χ0v) is 16.5. The largest absolute Gasteiger partial charge is 0.497 e. The molecule has 0 bridgehead atoms. The molecular weight excluding hydrogens is 366 g/mol. The van der Waals surface area contributed by atoms with Gasteiger partial charge in [0.25, 0.3) is 11.8 Å². The molecule has 0 aromatic heterocycles. The normalized spacial score (nSPS) is 12.7. The first kappa shape index (κ1) is 20.7. The highest BCUT2D eigenvalue weighted by Crippen LogP contribution is 2.17. The smallest absolute Gasteiger partial charge is 0.279 e. The third kappa shape index (κ3) is 6.92. The summed E-state index contributed by atoms with van der Waals surface area (Å²) in [5.74, 6) is 0.369. The lowest BCUT2D eigenvalue weighted by Gasteiger charge is -2.17. The lowest BCUT2D eigenvalue weighted by molar-refractivity contribution is -0.862. The van der Waals surface area contributed by atoms with Crippen molar-refractivity contribution in [3.05, 3.63) is 59.1 Å². The minimum absolute atomic E-state index is 0.130. The quantitative estimate of drug-likeness (QED) is 0.642. The van der Waals surface area contributed by atoms with Crippen LogP contribution in [0.25, 0.3) is 0 Å². The molecule has 3 N–H and O–H groups in total. The van der Waals surface area contributed by atoms with Gasteiger partial charge in [0.05, 0.1) is 20.2 Å². The van der Waals surface area contributed by atoms with Gasteiger partial charge in [-0.15, -0.1) is 0 Å². The molecule has 0 aliphatic heterocycles. The monoisotopic (exact) mass is 390 g/mol. The number of hydrogen-bond acceptors (Lipinski definition) is 3. The number of likely N-dealkylation sites (N-methyl/N-ethyl adjacent to an activating group) is 1. The number of nitrogens with one attached hydrogen (secondary N) is 3. The molecule has 7 heteroatoms. The highest BCUT2D eigenvalue weighted by atomic mass is 35.5. The zero-order valence-electron chi connectivity index (χ0n) is 15.7. The second-order valence-corrected chi connectivity index (χ2v) is 6.87. The van der Waals surface area contributed by atoms with Crippen LogP contribution in [0.1, 0.15) is 18.5 Å². The van der Waals surface area contributed by atoms with E-state index < -0.39 is 0 Å². The van der Waals surface area contributed by atoms with E-state index in [2.05, 4.69) is 10.6 Å². The fraction of sp³-hybridized carbons (Fsp3) is 0.300. The van der Waals surface area contributed by atoms with Crippen molar-refractivity contribution in [2.45, 2.75) is 13.0 Å². The Kier molecular flexibility index (Phi) is 7.64. The topological polar surface area (TPSA) is 71.9 Å². The molecule has 0 spiro atoms. The van der Waals surface area contributed by atoms with E-state index in [-0.39, 0.29) is 30.9 Å². The summed E-state index contributed by atoms with van der Waals surface area (Å²) in [6.45, 7) is 2.26. The Hall–Kier alpha value is -2.57. The highest BCUT2D eigenvalue weighted by Gasteiger charge is 2.17. The molecule has 0 saturated carbocycles. The van der Waals surface area contributed by atoms with Crippen molar-refractivity contribution in [1.82, 2.24) is 5.32 Å². The van der Waals surface area contributed by atoms with E-state index in [1.54, 1.807) is 44.5 Å². The van der Waals surface area contributed by atoms with Gasteiger partial charge in [0.1, 0.15) is 5.75 Å². The Bertz CT molecular complexity index is 798. The molecule has 2 aromatic carbocycles. The first-order chi connectivity index (χ1) is 12.9. The van der Waals surface area contributed by atoms with Crippen LogP contribution in [0.3, 0.4) is 0 Å². The minimum Gasteiger partial charge on any atom is -0.497 e. The molecule has 0 heterocycles. The van der Waals surface area contributed by atoms with Gasteiger partial charge in [-0.1, -0.05) is 29.8 Å². The van der Waals surface area contributed by atoms with E-state index in [0.717, 1.165) is 10.5 Å². The zero-order chi connectivity index (χ0) is 19.8. The molecule has 144 valence electrons. The number of carbonyl (C=O) groups excluding carboxylic acids is 2. The number of anilines is 1. The molecular formula is C20H25ClN3O3+. The Morgan fingerprint density at radius 2 is 1.81 bits per heavy atom. The molecule has 0 aliphatic rings. The van der Waals surface area contributed by atoms with Gasteiger partial charge in [-0.3, -0.25) is 9.59 Å². The van der Waals surface area contributed by atoms with E-state index >= 15 is 0 Å². The number of hydrogen-bond donors (Lipinski definition) is 3. The predicted molar refractivity (Wildman–Crippen MR) is 106 cm³/mol. The average molecular weight is 391 g/mol. The molecule has 2 atom stereocenters. The lowest BCUT2D eigenvalue weighted by atomic mass is 10.1. The van der Waals surface area contributed by atoms with Crippen molar-refractivity contribution >= 4 is 29.1 Å². The van der Waals surface area contributed by atoms with Gasteiger partial charge in [0, 0.05) is 16.8 Å². The maximum absolute atomic E-state index is 12.2. The first-order valence-electron chi connectivity index (χ1n) is 8.67. The van der Waals surface area contributed by atoms with Gasteiger partial charge in [-0.2, -0.15) is 0 Å². The van der Waals surface area contributed by atoms with Crippen molar-refractivity contribution in [3.8, 4) is 5.75 Å². The number of benzene rings is 2. The third-order valence-corrected chi connectivity index (χ3v) is 4.24. The van der Waals surface area contributed by atoms with Crippen molar-refractivity contribution in [2.75, 3.05) is 32.6 Å². The van der Waals surface area contributed by atoms with Gasteiger partial charge in [0.15, 0.2) is 13.1 Å². The molecule has 0 saturated heterocycles. The number of ether oxygens (including phenoxy) is 1. The fourth-order valence-electron chi connectivity index (χ4n) is 2.67. The number of carbonyl (C=O) groups is 2. The summed E-state index contributed by atoms with van der Waals surface area (Å²) in [7, 11) is 3.37. The molecule has 2 amide bonds. The van der Waals surface area contributed by atoms with E-state index in [0.29, 0.717) is 16.5 Å². The second kappa shape index (κ2) is 9.94. The van der Waals surface area contributed by atoms with Crippen LogP contribution in [0.15, 0.2) is 48.5 Å². The van der Waals surface area contributed by atoms with E-state index in [1.807, 2.05) is 25.1 Å². The summed E-state index contributed by atoms with van der Waals surface area (Å²) in [5, 5.41) is 6.36. The van der Waals surface area contributed by atoms with Gasteiger partial charge in [-0.05, 0) is 36.8 Å². The van der Waals surface area contributed by atoms with E-state index in [9.17, 15) is 9.59 Å². The Labute approximate surface area is 164 Å². The van der Waals surface area contributed by atoms with Crippen LogP contribution >= 0.6 is 11.6 Å². The minimum atomic E-state index is -0.170. The van der Waals surface area contributed by atoms with Crippen molar-refractivity contribution < 1.29 is 19.2 Å². The van der Waals surface area contributed by atoms with Crippen LogP contribution in [0.2, 0.25) is 5.02 Å². The van der Waals surface area contributed by atoms with E-state index in [1.165, 1.54) is 0 Å². The van der Waals surface area contributed by atoms with Crippen LogP contribution in [0.5, 0.6) is 5.75 Å². The number of methoxy groups -OCH3 is 1. The number of quaternary nitrogens is 1. The fourth-order valence-corrected chi connectivity index (χ4v) is 2.87. The average Bonchev–Trinajstić information content (AvgIpc) is 2.61. The second-order valence-electron chi connectivity index (χ2n) is 6.43. The van der Waals surface area contributed by atoms with Crippen molar-refractivity contribution in [2.24, 2.45) is 0 Å². The van der Waals surface area contributed by atoms with Crippen molar-refractivity contribution in [1.29, 1.82) is 0 Å². The maximum atomic E-state index is 12.2.